The number of ether oxygens (including phenoxy) is 2. The van der Waals surface area contributed by atoms with E-state index in [0.717, 1.165) is 19.4 Å². The maximum absolute atomic E-state index is 11.5. The van der Waals surface area contributed by atoms with Gasteiger partial charge in [0.2, 0.25) is 0 Å². The molecule has 1 aliphatic heterocycles. The van der Waals surface area contributed by atoms with Crippen molar-refractivity contribution in [3.63, 3.8) is 0 Å². The number of nitrogens with zero attached hydrogens (tertiary/aromatic N) is 2. The molecule has 2 rings (SSSR count). The zero-order valence-electron chi connectivity index (χ0n) is 10.6. The Hall–Kier alpha value is -1.49. The molecular formula is C13H18N2O3. The standard InChI is InChI=1S/C13H18N2O3/c1-2-17-13(16)11-6-7-14-12(15-11)9-10-5-3-4-8-18-10/h6-7,10H,2-5,8-9H2,1H3. The number of carbonyl (C=O) groups excluding carboxylic acids is 1. The number of esters is 1. The molecule has 2 heterocycles. The van der Waals surface area contributed by atoms with E-state index < -0.39 is 5.97 Å². The second-order valence-electron chi connectivity index (χ2n) is 4.27. The Morgan fingerprint density at radius 2 is 2.44 bits per heavy atom. The van der Waals surface area contributed by atoms with Crippen molar-refractivity contribution in [2.45, 2.75) is 38.7 Å². The Labute approximate surface area is 107 Å². The maximum Gasteiger partial charge on any atom is 0.357 e. The van der Waals surface area contributed by atoms with Crippen LogP contribution in [0.1, 0.15) is 42.5 Å². The molecule has 0 radical (unpaired) electrons. The molecule has 1 fully saturated rings. The first-order chi connectivity index (χ1) is 8.79. The number of rotatable bonds is 4. The van der Waals surface area contributed by atoms with Gasteiger partial charge < -0.3 is 9.47 Å². The summed E-state index contributed by atoms with van der Waals surface area (Å²) in [6.45, 7) is 2.93. The molecule has 0 N–H and O–H groups in total. The molecule has 18 heavy (non-hydrogen) atoms. The lowest BCUT2D eigenvalue weighted by molar-refractivity contribution is 0.0155. The van der Waals surface area contributed by atoms with Gasteiger partial charge in [0.1, 0.15) is 5.82 Å². The maximum atomic E-state index is 11.5. The van der Waals surface area contributed by atoms with Crippen LogP contribution in [-0.4, -0.2) is 35.3 Å². The summed E-state index contributed by atoms with van der Waals surface area (Å²) in [5.74, 6) is 0.248. The summed E-state index contributed by atoms with van der Waals surface area (Å²) in [7, 11) is 0. The molecule has 1 atom stereocenters. The van der Waals surface area contributed by atoms with Gasteiger partial charge in [-0.1, -0.05) is 0 Å². The summed E-state index contributed by atoms with van der Waals surface area (Å²) in [6, 6.07) is 1.57. The van der Waals surface area contributed by atoms with Crippen LogP contribution in [0, 0.1) is 0 Å². The van der Waals surface area contributed by atoms with E-state index in [2.05, 4.69) is 9.97 Å². The van der Waals surface area contributed by atoms with Crippen molar-refractivity contribution >= 4 is 5.97 Å². The van der Waals surface area contributed by atoms with Gasteiger partial charge in [-0.25, -0.2) is 14.8 Å². The number of hydrogen-bond acceptors (Lipinski definition) is 5. The van der Waals surface area contributed by atoms with Crippen LogP contribution in [0.2, 0.25) is 0 Å². The van der Waals surface area contributed by atoms with Gasteiger partial charge in [-0.15, -0.1) is 0 Å². The second-order valence-corrected chi connectivity index (χ2v) is 4.27. The van der Waals surface area contributed by atoms with Crippen LogP contribution < -0.4 is 0 Å². The van der Waals surface area contributed by atoms with Crippen molar-refractivity contribution in [1.82, 2.24) is 9.97 Å². The third-order valence-electron chi connectivity index (χ3n) is 2.87. The van der Waals surface area contributed by atoms with Crippen molar-refractivity contribution in [3.8, 4) is 0 Å². The van der Waals surface area contributed by atoms with E-state index in [9.17, 15) is 4.79 Å². The van der Waals surface area contributed by atoms with Crippen LogP contribution in [0.15, 0.2) is 12.3 Å². The van der Waals surface area contributed by atoms with Crippen LogP contribution in [0.5, 0.6) is 0 Å². The minimum atomic E-state index is -0.397. The average molecular weight is 250 g/mol. The lowest BCUT2D eigenvalue weighted by Crippen LogP contribution is -2.23. The summed E-state index contributed by atoms with van der Waals surface area (Å²) in [5, 5.41) is 0. The Kier molecular flexibility index (Phi) is 4.64. The van der Waals surface area contributed by atoms with Crippen LogP contribution in [0.4, 0.5) is 0 Å². The van der Waals surface area contributed by atoms with Gasteiger partial charge in [0, 0.05) is 19.2 Å². The van der Waals surface area contributed by atoms with Gasteiger partial charge in [0.05, 0.1) is 12.7 Å². The highest BCUT2D eigenvalue weighted by atomic mass is 16.5. The molecule has 0 spiro atoms. The number of hydrogen-bond donors (Lipinski definition) is 0. The van der Waals surface area contributed by atoms with E-state index in [1.54, 1.807) is 19.2 Å². The van der Waals surface area contributed by atoms with Crippen LogP contribution >= 0.6 is 0 Å². The Balaban J connectivity index is 2.00. The van der Waals surface area contributed by atoms with E-state index in [0.29, 0.717) is 24.5 Å². The van der Waals surface area contributed by atoms with Crippen molar-refractivity contribution in [3.05, 3.63) is 23.8 Å². The molecule has 0 aliphatic carbocycles. The lowest BCUT2D eigenvalue weighted by Gasteiger charge is -2.21. The molecule has 5 nitrogen and oxygen atoms in total. The van der Waals surface area contributed by atoms with Gasteiger partial charge >= 0.3 is 5.97 Å². The summed E-state index contributed by atoms with van der Waals surface area (Å²) >= 11 is 0. The van der Waals surface area contributed by atoms with E-state index in [1.807, 2.05) is 0 Å². The highest BCUT2D eigenvalue weighted by Gasteiger charge is 2.17. The van der Waals surface area contributed by atoms with E-state index in [4.69, 9.17) is 9.47 Å². The van der Waals surface area contributed by atoms with Gasteiger partial charge in [0.25, 0.3) is 0 Å². The van der Waals surface area contributed by atoms with Crippen LogP contribution in [-0.2, 0) is 15.9 Å². The van der Waals surface area contributed by atoms with E-state index in [1.165, 1.54) is 6.42 Å². The predicted octanol–water partition coefficient (Wildman–Crippen LogP) is 1.76. The predicted molar refractivity (Wildman–Crippen MR) is 65.3 cm³/mol. The molecule has 1 saturated heterocycles. The van der Waals surface area contributed by atoms with E-state index in [-0.39, 0.29) is 6.10 Å². The molecule has 1 aromatic rings. The topological polar surface area (TPSA) is 61.3 Å². The minimum Gasteiger partial charge on any atom is -0.461 e. The molecular weight excluding hydrogens is 232 g/mol. The third kappa shape index (κ3) is 3.50. The largest absolute Gasteiger partial charge is 0.461 e. The second kappa shape index (κ2) is 6.44. The molecule has 5 heteroatoms. The summed E-state index contributed by atoms with van der Waals surface area (Å²) in [6.07, 6.45) is 5.77. The highest BCUT2D eigenvalue weighted by Crippen LogP contribution is 2.15. The summed E-state index contributed by atoms with van der Waals surface area (Å²) < 4.78 is 10.5. The lowest BCUT2D eigenvalue weighted by atomic mass is 10.1. The fourth-order valence-electron chi connectivity index (χ4n) is 1.99. The SMILES string of the molecule is CCOC(=O)c1ccnc(CC2CCCCO2)n1. The van der Waals surface area contributed by atoms with Crippen molar-refractivity contribution in [2.75, 3.05) is 13.2 Å². The van der Waals surface area contributed by atoms with Crippen LogP contribution in [0.3, 0.4) is 0 Å². The molecule has 1 unspecified atom stereocenters. The first-order valence-electron chi connectivity index (χ1n) is 6.40. The fourth-order valence-corrected chi connectivity index (χ4v) is 1.99. The summed E-state index contributed by atoms with van der Waals surface area (Å²) in [5.41, 5.74) is 0.317. The Morgan fingerprint density at radius 3 is 3.17 bits per heavy atom. The first kappa shape index (κ1) is 13.0. The third-order valence-corrected chi connectivity index (χ3v) is 2.87. The van der Waals surface area contributed by atoms with Crippen LogP contribution in [0.25, 0.3) is 0 Å². The molecule has 0 aromatic carbocycles. The highest BCUT2D eigenvalue weighted by molar-refractivity contribution is 5.87. The van der Waals surface area contributed by atoms with Gasteiger partial charge in [0.15, 0.2) is 5.69 Å². The van der Waals surface area contributed by atoms with Gasteiger partial charge in [-0.05, 0) is 32.3 Å². The normalized spacial score (nSPS) is 19.5. The zero-order valence-corrected chi connectivity index (χ0v) is 10.6. The van der Waals surface area contributed by atoms with Gasteiger partial charge in [-0.2, -0.15) is 0 Å². The molecule has 0 saturated carbocycles. The number of carbonyl (C=O) groups is 1. The zero-order chi connectivity index (χ0) is 12.8. The average Bonchev–Trinajstić information content (AvgIpc) is 2.40. The Bertz CT molecular complexity index is 403. The molecule has 0 amide bonds. The monoisotopic (exact) mass is 250 g/mol. The fraction of sp³-hybridized carbons (Fsp3) is 0.615. The molecule has 0 bridgehead atoms. The van der Waals surface area contributed by atoms with Crippen molar-refractivity contribution in [2.24, 2.45) is 0 Å². The summed E-state index contributed by atoms with van der Waals surface area (Å²) in [4.78, 5) is 19.9. The van der Waals surface area contributed by atoms with Gasteiger partial charge in [-0.3, -0.25) is 0 Å². The molecule has 98 valence electrons. The van der Waals surface area contributed by atoms with Crippen molar-refractivity contribution < 1.29 is 14.3 Å². The van der Waals surface area contributed by atoms with Crippen molar-refractivity contribution in [1.29, 1.82) is 0 Å². The quantitative estimate of drug-likeness (QED) is 0.762. The molecule has 1 aliphatic rings. The Morgan fingerprint density at radius 1 is 1.56 bits per heavy atom. The first-order valence-corrected chi connectivity index (χ1v) is 6.40. The smallest absolute Gasteiger partial charge is 0.357 e. The number of aromatic nitrogens is 2. The minimum absolute atomic E-state index is 0.177. The van der Waals surface area contributed by atoms with E-state index >= 15 is 0 Å². The molecule has 1 aromatic heterocycles.